The fraction of sp³-hybridized carbons (Fsp3) is 0.263. The molecule has 0 aliphatic carbocycles. The van der Waals surface area contributed by atoms with Crippen molar-refractivity contribution in [3.05, 3.63) is 64.7 Å². The van der Waals surface area contributed by atoms with Crippen LogP contribution < -0.4 is 10.1 Å². The Morgan fingerprint density at radius 3 is 2.46 bits per heavy atom. The maximum atomic E-state index is 12.3. The number of benzene rings is 2. The van der Waals surface area contributed by atoms with Crippen LogP contribution in [0.25, 0.3) is 0 Å². The van der Waals surface area contributed by atoms with Crippen molar-refractivity contribution in [3.63, 3.8) is 0 Å². The Bertz CT molecular complexity index is 766. The third-order valence-electron chi connectivity index (χ3n) is 3.75. The van der Waals surface area contributed by atoms with E-state index in [-0.39, 0.29) is 11.6 Å². The summed E-state index contributed by atoms with van der Waals surface area (Å²) in [5.41, 5.74) is 1.26. The highest BCUT2D eigenvalue weighted by molar-refractivity contribution is 6.32. The zero-order valence-corrected chi connectivity index (χ0v) is 15.2. The normalized spacial score (nSPS) is 12.9. The highest BCUT2D eigenvalue weighted by Crippen LogP contribution is 2.27. The van der Waals surface area contributed by atoms with Crippen LogP contribution in [0.5, 0.6) is 5.75 Å². The monoisotopic (exact) mass is 377 g/mol. The van der Waals surface area contributed by atoms with Crippen molar-refractivity contribution in [2.75, 3.05) is 7.11 Å². The molecule has 2 unspecified atom stereocenters. The summed E-state index contributed by atoms with van der Waals surface area (Å²) in [5.74, 6) is -1.31. The van der Waals surface area contributed by atoms with Gasteiger partial charge in [0.1, 0.15) is 11.9 Å². The number of aliphatic carboxylic acids is 1. The molecule has 6 nitrogen and oxygen atoms in total. The minimum atomic E-state index is -1.24. The summed E-state index contributed by atoms with van der Waals surface area (Å²) >= 11 is 6.04. The number of rotatable bonds is 8. The number of hydrogen-bond donors (Lipinski definition) is 2. The van der Waals surface area contributed by atoms with Crippen molar-refractivity contribution in [3.8, 4) is 5.75 Å². The molecular weight excluding hydrogens is 358 g/mol. The molecule has 0 aliphatic heterocycles. The number of nitrogens with one attached hydrogen (secondary N) is 1. The Hall–Kier alpha value is -2.57. The molecule has 0 bridgehead atoms. The molecule has 2 aromatic rings. The highest BCUT2D eigenvalue weighted by Gasteiger charge is 2.25. The lowest BCUT2D eigenvalue weighted by molar-refractivity contribution is -0.144. The van der Waals surface area contributed by atoms with E-state index >= 15 is 0 Å². The molecule has 0 aliphatic rings. The Kier molecular flexibility index (Phi) is 7.00. The van der Waals surface area contributed by atoms with Crippen LogP contribution in [0.2, 0.25) is 5.02 Å². The fourth-order valence-corrected chi connectivity index (χ4v) is 2.55. The molecule has 0 heterocycles. The molecular formula is C19H20ClNO5. The Morgan fingerprint density at radius 1 is 1.19 bits per heavy atom. The van der Waals surface area contributed by atoms with E-state index in [2.05, 4.69) is 5.32 Å². The average Bonchev–Trinajstić information content (AvgIpc) is 2.64. The van der Waals surface area contributed by atoms with Crippen LogP contribution in [0, 0.1) is 0 Å². The topological polar surface area (TPSA) is 84.9 Å². The zero-order valence-electron chi connectivity index (χ0n) is 14.4. The van der Waals surface area contributed by atoms with E-state index in [1.54, 1.807) is 19.1 Å². The molecule has 26 heavy (non-hydrogen) atoms. The molecule has 0 saturated heterocycles. The number of carboxylic acids is 1. The predicted octanol–water partition coefficient (Wildman–Crippen LogP) is 3.20. The summed E-state index contributed by atoms with van der Waals surface area (Å²) in [4.78, 5) is 23.9. The van der Waals surface area contributed by atoms with Crippen LogP contribution in [0.3, 0.4) is 0 Å². The van der Waals surface area contributed by atoms with Crippen LogP contribution >= 0.6 is 11.6 Å². The van der Waals surface area contributed by atoms with Crippen LogP contribution in [0.15, 0.2) is 48.5 Å². The first-order valence-corrected chi connectivity index (χ1v) is 8.32. The summed E-state index contributed by atoms with van der Waals surface area (Å²) in [5, 5.41) is 12.2. The van der Waals surface area contributed by atoms with Gasteiger partial charge in [0.25, 0.3) is 0 Å². The van der Waals surface area contributed by atoms with Gasteiger partial charge >= 0.3 is 5.97 Å². The van der Waals surface area contributed by atoms with Crippen LogP contribution in [0.4, 0.5) is 0 Å². The molecule has 2 atom stereocenters. The molecule has 0 fully saturated rings. The largest absolute Gasteiger partial charge is 0.495 e. The number of ether oxygens (including phenoxy) is 2. The van der Waals surface area contributed by atoms with E-state index in [9.17, 15) is 14.7 Å². The van der Waals surface area contributed by atoms with Gasteiger partial charge in [-0.2, -0.15) is 0 Å². The summed E-state index contributed by atoms with van der Waals surface area (Å²) in [6.07, 6.45) is -0.814. The van der Waals surface area contributed by atoms with Crippen LogP contribution in [0.1, 0.15) is 24.1 Å². The Morgan fingerprint density at radius 2 is 1.88 bits per heavy atom. The van der Waals surface area contributed by atoms with E-state index < -0.39 is 24.0 Å². The summed E-state index contributed by atoms with van der Waals surface area (Å²) in [6.45, 7) is 1.82. The lowest BCUT2D eigenvalue weighted by Gasteiger charge is -2.19. The molecule has 2 N–H and O–H groups in total. The molecule has 0 radical (unpaired) electrons. The minimum Gasteiger partial charge on any atom is -0.495 e. The van der Waals surface area contributed by atoms with Gasteiger partial charge in [0.05, 0.1) is 18.7 Å². The van der Waals surface area contributed by atoms with Gasteiger partial charge in [-0.3, -0.25) is 4.79 Å². The standard InChI is InChI=1S/C19H20ClNO5/c1-12(26-11-13-6-4-3-5-7-13)18(22)21-17(19(23)24)14-8-9-16(25-2)15(20)10-14/h3-10,12,17H,11H2,1-2H3,(H,21,22)(H,23,24). The van der Waals surface area contributed by atoms with Gasteiger partial charge in [-0.15, -0.1) is 0 Å². The quantitative estimate of drug-likeness (QED) is 0.738. The third kappa shape index (κ3) is 5.21. The summed E-state index contributed by atoms with van der Waals surface area (Å²) in [6, 6.07) is 12.7. The second-order valence-electron chi connectivity index (χ2n) is 5.61. The third-order valence-corrected chi connectivity index (χ3v) is 4.05. The first kappa shape index (κ1) is 19.8. The molecule has 2 aromatic carbocycles. The van der Waals surface area contributed by atoms with Gasteiger partial charge in [0.15, 0.2) is 6.04 Å². The Labute approximate surface area is 156 Å². The van der Waals surface area contributed by atoms with Gasteiger partial charge in [-0.05, 0) is 30.2 Å². The number of amides is 1. The van der Waals surface area contributed by atoms with E-state index in [1.807, 2.05) is 30.3 Å². The van der Waals surface area contributed by atoms with Gasteiger partial charge in [0.2, 0.25) is 5.91 Å². The predicted molar refractivity (Wildman–Crippen MR) is 97.2 cm³/mol. The van der Waals surface area contributed by atoms with Crippen molar-refractivity contribution in [1.29, 1.82) is 0 Å². The van der Waals surface area contributed by atoms with Crippen molar-refractivity contribution >= 4 is 23.5 Å². The summed E-state index contributed by atoms with van der Waals surface area (Å²) < 4.78 is 10.6. The highest BCUT2D eigenvalue weighted by atomic mass is 35.5. The van der Waals surface area contributed by atoms with Gasteiger partial charge in [0, 0.05) is 0 Å². The van der Waals surface area contributed by atoms with E-state index in [0.717, 1.165) is 5.56 Å². The molecule has 0 spiro atoms. The maximum absolute atomic E-state index is 12.3. The summed E-state index contributed by atoms with van der Waals surface area (Å²) in [7, 11) is 1.46. The van der Waals surface area contributed by atoms with Gasteiger partial charge in [-0.1, -0.05) is 48.0 Å². The van der Waals surface area contributed by atoms with Crippen molar-refractivity contribution < 1.29 is 24.2 Å². The van der Waals surface area contributed by atoms with E-state index in [4.69, 9.17) is 21.1 Å². The number of carboxylic acid groups (broad SMARTS) is 1. The molecule has 2 rings (SSSR count). The number of halogens is 1. The maximum Gasteiger partial charge on any atom is 0.330 e. The molecule has 0 aromatic heterocycles. The SMILES string of the molecule is COc1ccc(C(NC(=O)C(C)OCc2ccccc2)C(=O)O)cc1Cl. The second-order valence-corrected chi connectivity index (χ2v) is 6.02. The lowest BCUT2D eigenvalue weighted by atomic mass is 10.1. The van der Waals surface area contributed by atoms with Crippen LogP contribution in [-0.4, -0.2) is 30.2 Å². The van der Waals surface area contributed by atoms with E-state index in [0.29, 0.717) is 11.3 Å². The zero-order chi connectivity index (χ0) is 19.1. The minimum absolute atomic E-state index is 0.252. The van der Waals surface area contributed by atoms with Crippen molar-refractivity contribution in [2.24, 2.45) is 0 Å². The smallest absolute Gasteiger partial charge is 0.330 e. The first-order valence-electron chi connectivity index (χ1n) is 7.94. The van der Waals surface area contributed by atoms with Crippen molar-refractivity contribution in [2.45, 2.75) is 25.7 Å². The average molecular weight is 378 g/mol. The van der Waals surface area contributed by atoms with Crippen LogP contribution in [-0.2, 0) is 20.9 Å². The lowest BCUT2D eigenvalue weighted by Crippen LogP contribution is -2.40. The number of hydrogen-bond acceptors (Lipinski definition) is 4. The molecule has 138 valence electrons. The number of methoxy groups -OCH3 is 1. The van der Waals surface area contributed by atoms with Crippen molar-refractivity contribution in [1.82, 2.24) is 5.32 Å². The number of carbonyl (C=O) groups excluding carboxylic acids is 1. The number of carbonyl (C=O) groups is 2. The van der Waals surface area contributed by atoms with Gasteiger partial charge in [-0.25, -0.2) is 4.79 Å². The van der Waals surface area contributed by atoms with Gasteiger partial charge < -0.3 is 19.9 Å². The van der Waals surface area contributed by atoms with E-state index in [1.165, 1.54) is 13.2 Å². The molecule has 1 amide bonds. The fourth-order valence-electron chi connectivity index (χ4n) is 2.28. The molecule has 7 heteroatoms. The second kappa shape index (κ2) is 9.22. The Balaban J connectivity index is 2.03. The first-order chi connectivity index (χ1) is 12.4. The molecule has 0 saturated carbocycles.